The van der Waals surface area contributed by atoms with Crippen molar-refractivity contribution in [2.24, 2.45) is 10.9 Å². The molecule has 1 aromatic rings. The molecule has 0 saturated heterocycles. The number of rotatable bonds is 3. The SMILES string of the molecule is N#CC(C(=O)c1ccc(Cl)cc1)C1=NCCC1. The molecule has 1 atom stereocenters. The van der Waals surface area contributed by atoms with Gasteiger partial charge in [0.1, 0.15) is 5.92 Å². The number of carbonyl (C=O) groups is 1. The molecule has 1 unspecified atom stereocenters. The number of nitriles is 1. The van der Waals surface area contributed by atoms with Crippen LogP contribution in [-0.4, -0.2) is 18.0 Å². The molecule has 4 heteroatoms. The molecule has 0 aliphatic carbocycles. The number of nitrogens with zero attached hydrogens (tertiary/aromatic N) is 2. The maximum atomic E-state index is 12.1. The molecule has 0 radical (unpaired) electrons. The Labute approximate surface area is 105 Å². The molecule has 0 N–H and O–H groups in total. The molecule has 86 valence electrons. The van der Waals surface area contributed by atoms with E-state index in [0.29, 0.717) is 16.3 Å². The molecule has 0 aromatic heterocycles. The molecule has 0 bridgehead atoms. The highest BCUT2D eigenvalue weighted by molar-refractivity contribution is 6.30. The standard InChI is InChI=1S/C13H11ClN2O/c14-10-5-3-9(4-6-10)13(17)11(8-15)12-2-1-7-16-12/h3-6,11H,1-2,7H2. The van der Waals surface area contributed by atoms with Crippen LogP contribution in [0, 0.1) is 17.2 Å². The summed E-state index contributed by atoms with van der Waals surface area (Å²) in [6.07, 6.45) is 1.68. The van der Waals surface area contributed by atoms with E-state index in [2.05, 4.69) is 4.99 Å². The quantitative estimate of drug-likeness (QED) is 0.770. The monoisotopic (exact) mass is 246 g/mol. The number of hydrogen-bond donors (Lipinski definition) is 0. The van der Waals surface area contributed by atoms with Crippen molar-refractivity contribution in [3.8, 4) is 6.07 Å². The van der Waals surface area contributed by atoms with E-state index in [4.69, 9.17) is 16.9 Å². The van der Waals surface area contributed by atoms with E-state index in [1.165, 1.54) is 0 Å². The van der Waals surface area contributed by atoms with Gasteiger partial charge in [-0.05, 0) is 37.1 Å². The van der Waals surface area contributed by atoms with Gasteiger partial charge in [0.15, 0.2) is 5.78 Å². The van der Waals surface area contributed by atoms with E-state index in [9.17, 15) is 4.79 Å². The maximum absolute atomic E-state index is 12.1. The van der Waals surface area contributed by atoms with Gasteiger partial charge in [-0.15, -0.1) is 0 Å². The van der Waals surface area contributed by atoms with Gasteiger partial charge in [0.2, 0.25) is 0 Å². The molecule has 0 saturated carbocycles. The van der Waals surface area contributed by atoms with Gasteiger partial charge in [0.25, 0.3) is 0 Å². The van der Waals surface area contributed by atoms with Crippen molar-refractivity contribution in [2.75, 3.05) is 6.54 Å². The van der Waals surface area contributed by atoms with Crippen LogP contribution in [-0.2, 0) is 0 Å². The van der Waals surface area contributed by atoms with Crippen LogP contribution in [0.1, 0.15) is 23.2 Å². The largest absolute Gasteiger partial charge is 0.292 e. The summed E-state index contributed by atoms with van der Waals surface area (Å²) < 4.78 is 0. The Kier molecular flexibility index (Phi) is 3.55. The predicted octanol–water partition coefficient (Wildman–Crippen LogP) is 2.90. The van der Waals surface area contributed by atoms with Crippen molar-refractivity contribution in [3.63, 3.8) is 0 Å². The first kappa shape index (κ1) is 11.8. The van der Waals surface area contributed by atoms with Crippen LogP contribution < -0.4 is 0 Å². The van der Waals surface area contributed by atoms with Gasteiger partial charge in [-0.2, -0.15) is 5.26 Å². The summed E-state index contributed by atoms with van der Waals surface area (Å²) in [5.74, 6) is -0.927. The highest BCUT2D eigenvalue weighted by Crippen LogP contribution is 2.18. The van der Waals surface area contributed by atoms with Crippen molar-refractivity contribution in [3.05, 3.63) is 34.9 Å². The van der Waals surface area contributed by atoms with Crippen molar-refractivity contribution in [2.45, 2.75) is 12.8 Å². The van der Waals surface area contributed by atoms with Gasteiger partial charge < -0.3 is 0 Å². The zero-order valence-electron chi connectivity index (χ0n) is 9.19. The van der Waals surface area contributed by atoms with Crippen LogP contribution >= 0.6 is 11.6 Å². The summed E-state index contributed by atoms with van der Waals surface area (Å²) in [6.45, 7) is 0.724. The zero-order valence-corrected chi connectivity index (χ0v) is 9.94. The Hall–Kier alpha value is -1.66. The molecular formula is C13H11ClN2O. The Balaban J connectivity index is 2.23. The molecule has 17 heavy (non-hydrogen) atoms. The average Bonchev–Trinajstić information content (AvgIpc) is 2.84. The van der Waals surface area contributed by atoms with Gasteiger partial charge in [0.05, 0.1) is 6.07 Å². The number of halogens is 1. The fourth-order valence-corrected chi connectivity index (χ4v) is 1.99. The molecule has 0 spiro atoms. The normalized spacial score (nSPS) is 16.1. The summed E-state index contributed by atoms with van der Waals surface area (Å²) in [5.41, 5.74) is 1.23. The molecule has 3 nitrogen and oxygen atoms in total. The number of hydrogen-bond acceptors (Lipinski definition) is 3. The first-order valence-electron chi connectivity index (χ1n) is 5.45. The lowest BCUT2D eigenvalue weighted by Crippen LogP contribution is -2.21. The van der Waals surface area contributed by atoms with Crippen molar-refractivity contribution < 1.29 is 4.79 Å². The summed E-state index contributed by atoms with van der Waals surface area (Å²) >= 11 is 5.76. The Bertz CT molecular complexity index is 499. The summed E-state index contributed by atoms with van der Waals surface area (Å²) in [6, 6.07) is 8.64. The molecule has 0 fully saturated rings. The van der Waals surface area contributed by atoms with Crippen molar-refractivity contribution >= 4 is 23.1 Å². The van der Waals surface area contributed by atoms with Crippen LogP contribution in [0.5, 0.6) is 0 Å². The molecular weight excluding hydrogens is 236 g/mol. The zero-order chi connectivity index (χ0) is 12.3. The minimum atomic E-state index is -0.737. The highest BCUT2D eigenvalue weighted by atomic mass is 35.5. The molecule has 1 heterocycles. The number of ketones is 1. The number of Topliss-reactive ketones (excluding diaryl/α,β-unsaturated/α-hetero) is 1. The lowest BCUT2D eigenvalue weighted by molar-refractivity contribution is 0.0974. The smallest absolute Gasteiger partial charge is 0.185 e. The third kappa shape index (κ3) is 2.54. The van der Waals surface area contributed by atoms with Crippen LogP contribution in [0.2, 0.25) is 5.02 Å². The van der Waals surface area contributed by atoms with E-state index >= 15 is 0 Å². The average molecular weight is 247 g/mol. The van der Waals surface area contributed by atoms with Gasteiger partial charge in [-0.1, -0.05) is 11.6 Å². The molecule has 1 aliphatic heterocycles. The first-order valence-corrected chi connectivity index (χ1v) is 5.83. The van der Waals surface area contributed by atoms with Gasteiger partial charge >= 0.3 is 0 Å². The van der Waals surface area contributed by atoms with Crippen LogP contribution in [0.15, 0.2) is 29.3 Å². The van der Waals surface area contributed by atoms with Crippen LogP contribution in [0.3, 0.4) is 0 Å². The minimum Gasteiger partial charge on any atom is -0.292 e. The van der Waals surface area contributed by atoms with Crippen molar-refractivity contribution in [1.82, 2.24) is 0 Å². The van der Waals surface area contributed by atoms with Crippen molar-refractivity contribution in [1.29, 1.82) is 5.26 Å². The van der Waals surface area contributed by atoms with E-state index in [0.717, 1.165) is 19.4 Å². The predicted molar refractivity (Wildman–Crippen MR) is 66.4 cm³/mol. The molecule has 1 aliphatic rings. The number of benzene rings is 1. The molecule has 1 aromatic carbocycles. The second-order valence-electron chi connectivity index (χ2n) is 3.91. The Morgan fingerprint density at radius 2 is 2.12 bits per heavy atom. The lowest BCUT2D eigenvalue weighted by Gasteiger charge is -2.07. The van der Waals surface area contributed by atoms with Gasteiger partial charge in [-0.25, -0.2) is 0 Å². The van der Waals surface area contributed by atoms with E-state index in [1.807, 2.05) is 6.07 Å². The third-order valence-electron chi connectivity index (χ3n) is 2.76. The topological polar surface area (TPSA) is 53.2 Å². The Morgan fingerprint density at radius 1 is 1.41 bits per heavy atom. The highest BCUT2D eigenvalue weighted by Gasteiger charge is 2.26. The van der Waals surface area contributed by atoms with Crippen LogP contribution in [0.4, 0.5) is 0 Å². The van der Waals surface area contributed by atoms with E-state index in [1.54, 1.807) is 24.3 Å². The lowest BCUT2D eigenvalue weighted by atomic mass is 9.93. The van der Waals surface area contributed by atoms with Crippen LogP contribution in [0.25, 0.3) is 0 Å². The minimum absolute atomic E-state index is 0.190. The number of aliphatic imine (C=N–C) groups is 1. The van der Waals surface area contributed by atoms with E-state index in [-0.39, 0.29) is 5.78 Å². The molecule has 2 rings (SSSR count). The fraction of sp³-hybridized carbons (Fsp3) is 0.308. The van der Waals surface area contributed by atoms with Gasteiger partial charge in [0, 0.05) is 22.8 Å². The molecule has 0 amide bonds. The number of carbonyl (C=O) groups excluding carboxylic acids is 1. The maximum Gasteiger partial charge on any atom is 0.185 e. The second-order valence-corrected chi connectivity index (χ2v) is 4.35. The summed E-state index contributed by atoms with van der Waals surface area (Å²) in [5, 5.41) is 9.67. The Morgan fingerprint density at radius 3 is 2.65 bits per heavy atom. The fourth-order valence-electron chi connectivity index (χ4n) is 1.86. The second kappa shape index (κ2) is 5.11. The van der Waals surface area contributed by atoms with E-state index < -0.39 is 5.92 Å². The first-order chi connectivity index (χ1) is 8.22. The van der Waals surface area contributed by atoms with Gasteiger partial charge in [-0.3, -0.25) is 9.79 Å². The third-order valence-corrected chi connectivity index (χ3v) is 3.01. The summed E-state index contributed by atoms with van der Waals surface area (Å²) in [7, 11) is 0. The summed E-state index contributed by atoms with van der Waals surface area (Å²) in [4.78, 5) is 16.3.